The van der Waals surface area contributed by atoms with Gasteiger partial charge in [-0.15, -0.1) is 0 Å². The molecule has 2 N–H and O–H groups in total. The van der Waals surface area contributed by atoms with E-state index in [1.807, 2.05) is 6.07 Å². The van der Waals surface area contributed by atoms with Crippen LogP contribution >= 0.6 is 23.2 Å². The van der Waals surface area contributed by atoms with Crippen LogP contribution in [0.5, 0.6) is 0 Å². The van der Waals surface area contributed by atoms with Crippen molar-refractivity contribution in [3.05, 3.63) is 58.1 Å². The standard InChI is InChI=1S/C15H9Cl2NO2/c16-11-5-8-6-14(18-13(8)7-12(11)17)9-3-1-2-4-10(9)15(19)20/h1-7,18H,(H,19,20). The first-order valence-corrected chi connectivity index (χ1v) is 6.62. The number of rotatable bonds is 2. The number of aromatic amines is 1. The van der Waals surface area contributed by atoms with Crippen molar-refractivity contribution in [3.63, 3.8) is 0 Å². The van der Waals surface area contributed by atoms with Crippen molar-refractivity contribution >= 4 is 40.1 Å². The van der Waals surface area contributed by atoms with Gasteiger partial charge in [0, 0.05) is 22.2 Å². The van der Waals surface area contributed by atoms with Gasteiger partial charge in [0.1, 0.15) is 0 Å². The number of nitrogens with one attached hydrogen (secondary N) is 1. The molecule has 0 atom stereocenters. The van der Waals surface area contributed by atoms with Crippen LogP contribution in [0.15, 0.2) is 42.5 Å². The highest BCUT2D eigenvalue weighted by atomic mass is 35.5. The Morgan fingerprint density at radius 1 is 1.05 bits per heavy atom. The van der Waals surface area contributed by atoms with Crippen molar-refractivity contribution in [2.24, 2.45) is 0 Å². The van der Waals surface area contributed by atoms with Crippen LogP contribution in [0.1, 0.15) is 10.4 Å². The second kappa shape index (κ2) is 4.85. The zero-order valence-corrected chi connectivity index (χ0v) is 11.7. The highest BCUT2D eigenvalue weighted by molar-refractivity contribution is 6.42. The number of halogens is 2. The molecule has 0 fully saturated rings. The molecule has 0 aliphatic heterocycles. The SMILES string of the molecule is O=C(O)c1ccccc1-c1cc2cc(Cl)c(Cl)cc2[nH]1. The van der Waals surface area contributed by atoms with Crippen molar-refractivity contribution in [2.75, 3.05) is 0 Å². The molecule has 0 unspecified atom stereocenters. The average Bonchev–Trinajstić information content (AvgIpc) is 2.82. The Morgan fingerprint density at radius 3 is 2.50 bits per heavy atom. The summed E-state index contributed by atoms with van der Waals surface area (Å²) in [5, 5.41) is 11.0. The number of aromatic carboxylic acids is 1. The molecule has 2 aromatic carbocycles. The maximum Gasteiger partial charge on any atom is 0.336 e. The molecule has 3 rings (SSSR count). The molecule has 0 radical (unpaired) electrons. The average molecular weight is 306 g/mol. The van der Waals surface area contributed by atoms with Crippen LogP contribution in [-0.2, 0) is 0 Å². The van der Waals surface area contributed by atoms with Gasteiger partial charge in [-0.2, -0.15) is 0 Å². The van der Waals surface area contributed by atoms with Gasteiger partial charge in [-0.05, 0) is 24.3 Å². The lowest BCUT2D eigenvalue weighted by molar-refractivity contribution is 0.0697. The largest absolute Gasteiger partial charge is 0.478 e. The molecule has 0 saturated heterocycles. The van der Waals surface area contributed by atoms with Gasteiger partial charge in [0.25, 0.3) is 0 Å². The first-order valence-electron chi connectivity index (χ1n) is 5.87. The molecule has 0 spiro atoms. The van der Waals surface area contributed by atoms with Gasteiger partial charge in [-0.1, -0.05) is 41.4 Å². The van der Waals surface area contributed by atoms with Gasteiger partial charge in [0.05, 0.1) is 15.6 Å². The summed E-state index contributed by atoms with van der Waals surface area (Å²) in [5.41, 5.74) is 2.41. The van der Waals surface area contributed by atoms with E-state index in [9.17, 15) is 9.90 Å². The van der Waals surface area contributed by atoms with E-state index < -0.39 is 5.97 Å². The smallest absolute Gasteiger partial charge is 0.336 e. The van der Waals surface area contributed by atoms with Crippen molar-refractivity contribution in [1.29, 1.82) is 0 Å². The Kier molecular flexibility index (Phi) is 3.16. The van der Waals surface area contributed by atoms with Gasteiger partial charge in [0.2, 0.25) is 0 Å². The topological polar surface area (TPSA) is 53.1 Å². The third kappa shape index (κ3) is 2.15. The summed E-state index contributed by atoms with van der Waals surface area (Å²) in [6, 6.07) is 12.2. The molecule has 0 bridgehead atoms. The molecule has 0 aliphatic rings. The van der Waals surface area contributed by atoms with Gasteiger partial charge >= 0.3 is 5.97 Å². The van der Waals surface area contributed by atoms with E-state index in [0.717, 1.165) is 16.6 Å². The number of hydrogen-bond donors (Lipinski definition) is 2. The molecule has 0 aliphatic carbocycles. The van der Waals surface area contributed by atoms with E-state index in [0.29, 0.717) is 15.6 Å². The number of hydrogen-bond acceptors (Lipinski definition) is 1. The lowest BCUT2D eigenvalue weighted by atomic mass is 10.0. The summed E-state index contributed by atoms with van der Waals surface area (Å²) < 4.78 is 0. The van der Waals surface area contributed by atoms with Gasteiger partial charge < -0.3 is 10.1 Å². The molecule has 20 heavy (non-hydrogen) atoms. The van der Waals surface area contributed by atoms with Crippen LogP contribution in [-0.4, -0.2) is 16.1 Å². The van der Waals surface area contributed by atoms with Crippen LogP contribution in [0.2, 0.25) is 10.0 Å². The first-order chi connectivity index (χ1) is 9.56. The fourth-order valence-electron chi connectivity index (χ4n) is 2.18. The number of fused-ring (bicyclic) bond motifs is 1. The van der Waals surface area contributed by atoms with Crippen LogP contribution < -0.4 is 0 Å². The zero-order chi connectivity index (χ0) is 14.3. The maximum absolute atomic E-state index is 11.3. The van der Waals surface area contributed by atoms with Crippen molar-refractivity contribution < 1.29 is 9.90 Å². The zero-order valence-electron chi connectivity index (χ0n) is 10.2. The Balaban J connectivity index is 2.23. The van der Waals surface area contributed by atoms with Gasteiger partial charge in [-0.3, -0.25) is 0 Å². The lowest BCUT2D eigenvalue weighted by Gasteiger charge is -2.02. The maximum atomic E-state index is 11.3. The van der Waals surface area contributed by atoms with Crippen molar-refractivity contribution in [2.45, 2.75) is 0 Å². The van der Waals surface area contributed by atoms with E-state index in [-0.39, 0.29) is 5.56 Å². The van der Waals surface area contributed by atoms with E-state index in [2.05, 4.69) is 4.98 Å². The van der Waals surface area contributed by atoms with Crippen LogP contribution in [0, 0.1) is 0 Å². The van der Waals surface area contributed by atoms with Crippen molar-refractivity contribution in [3.8, 4) is 11.3 Å². The second-order valence-electron chi connectivity index (χ2n) is 4.39. The molecule has 0 saturated carbocycles. The fraction of sp³-hybridized carbons (Fsp3) is 0. The second-order valence-corrected chi connectivity index (χ2v) is 5.20. The Bertz CT molecular complexity index is 785. The number of carbonyl (C=O) groups is 1. The molecule has 3 nitrogen and oxygen atoms in total. The summed E-state index contributed by atoms with van der Waals surface area (Å²) in [4.78, 5) is 14.4. The highest BCUT2D eigenvalue weighted by Crippen LogP contribution is 2.32. The molecule has 100 valence electrons. The Labute approximate surface area is 124 Å². The quantitative estimate of drug-likeness (QED) is 0.711. The molecular weight excluding hydrogens is 297 g/mol. The first kappa shape index (κ1) is 13.0. The number of carboxylic acids is 1. The van der Waals surface area contributed by atoms with Gasteiger partial charge in [-0.25, -0.2) is 4.79 Å². The minimum Gasteiger partial charge on any atom is -0.478 e. The minimum absolute atomic E-state index is 0.247. The summed E-state index contributed by atoms with van der Waals surface area (Å²) >= 11 is 12.0. The Morgan fingerprint density at radius 2 is 1.75 bits per heavy atom. The van der Waals surface area contributed by atoms with Gasteiger partial charge in [0.15, 0.2) is 0 Å². The summed E-state index contributed by atoms with van der Waals surface area (Å²) in [5.74, 6) is -0.963. The molecular formula is C15H9Cl2NO2. The fourth-order valence-corrected chi connectivity index (χ4v) is 2.51. The molecule has 1 aromatic heterocycles. The molecule has 3 aromatic rings. The molecule has 5 heteroatoms. The summed E-state index contributed by atoms with van der Waals surface area (Å²) in [6.45, 7) is 0. The van der Waals surface area contributed by atoms with Crippen LogP contribution in [0.25, 0.3) is 22.2 Å². The summed E-state index contributed by atoms with van der Waals surface area (Å²) in [7, 11) is 0. The highest BCUT2D eigenvalue weighted by Gasteiger charge is 2.13. The third-order valence-electron chi connectivity index (χ3n) is 3.11. The molecule has 1 heterocycles. The number of aromatic nitrogens is 1. The van der Waals surface area contributed by atoms with E-state index in [1.54, 1.807) is 36.4 Å². The predicted molar refractivity (Wildman–Crippen MR) is 80.7 cm³/mol. The van der Waals surface area contributed by atoms with E-state index in [1.165, 1.54) is 0 Å². The summed E-state index contributed by atoms with van der Waals surface area (Å²) in [6.07, 6.45) is 0. The Hall–Kier alpha value is -1.97. The van der Waals surface area contributed by atoms with Crippen LogP contribution in [0.4, 0.5) is 0 Å². The molecule has 0 amide bonds. The number of carboxylic acid groups (broad SMARTS) is 1. The normalized spacial score (nSPS) is 10.9. The van der Waals surface area contributed by atoms with E-state index in [4.69, 9.17) is 23.2 Å². The van der Waals surface area contributed by atoms with Crippen molar-refractivity contribution in [1.82, 2.24) is 4.98 Å². The number of benzene rings is 2. The predicted octanol–water partition coefficient (Wildman–Crippen LogP) is 4.84. The lowest BCUT2D eigenvalue weighted by Crippen LogP contribution is -1.98. The number of H-pyrrole nitrogens is 1. The van der Waals surface area contributed by atoms with E-state index >= 15 is 0 Å². The third-order valence-corrected chi connectivity index (χ3v) is 3.83. The monoisotopic (exact) mass is 305 g/mol. The van der Waals surface area contributed by atoms with Crippen LogP contribution in [0.3, 0.4) is 0 Å². The minimum atomic E-state index is -0.963.